The summed E-state index contributed by atoms with van der Waals surface area (Å²) in [5.41, 5.74) is 4.39. The van der Waals surface area contributed by atoms with Crippen LogP contribution in [0.15, 0.2) is 48.5 Å². The first kappa shape index (κ1) is 26.2. The largest absolute Gasteiger partial charge is 0.480 e. The minimum atomic E-state index is -1.14. The van der Waals surface area contributed by atoms with E-state index in [-0.39, 0.29) is 19.1 Å². The predicted octanol–water partition coefficient (Wildman–Crippen LogP) is 2.40. The summed E-state index contributed by atoms with van der Waals surface area (Å²) in [5.74, 6) is -1.80. The van der Waals surface area contributed by atoms with Crippen molar-refractivity contribution >= 4 is 18.0 Å². The average Bonchev–Trinajstić information content (AvgIpc) is 3.16. The summed E-state index contributed by atoms with van der Waals surface area (Å²) in [6.07, 6.45) is -1.46. The smallest absolute Gasteiger partial charge is 0.407 e. The Morgan fingerprint density at radius 3 is 2.09 bits per heavy atom. The average molecular weight is 484 g/mol. The van der Waals surface area contributed by atoms with Crippen LogP contribution in [0.2, 0.25) is 0 Å². The number of nitrogens with one attached hydrogen (secondary N) is 1. The van der Waals surface area contributed by atoms with Crippen molar-refractivity contribution in [1.29, 1.82) is 0 Å². The zero-order valence-electron chi connectivity index (χ0n) is 20.6. The summed E-state index contributed by atoms with van der Waals surface area (Å²) >= 11 is 0. The van der Waals surface area contributed by atoms with Gasteiger partial charge >= 0.3 is 12.1 Å². The third-order valence-corrected chi connectivity index (χ3v) is 6.18. The van der Waals surface area contributed by atoms with E-state index >= 15 is 0 Å². The lowest BCUT2D eigenvalue weighted by Crippen LogP contribution is -2.56. The topological polar surface area (TPSA) is 108 Å². The number of carbonyl (C=O) groups excluding carboxylic acids is 2. The van der Waals surface area contributed by atoms with Gasteiger partial charge in [-0.1, -0.05) is 48.5 Å². The van der Waals surface area contributed by atoms with Crippen LogP contribution in [0.25, 0.3) is 11.1 Å². The van der Waals surface area contributed by atoms with Crippen molar-refractivity contribution in [2.75, 3.05) is 47.4 Å². The van der Waals surface area contributed by atoms with E-state index in [1.165, 1.54) is 12.0 Å². The molecule has 9 nitrogen and oxygen atoms in total. The van der Waals surface area contributed by atoms with Crippen LogP contribution in [0.1, 0.15) is 24.0 Å². The lowest BCUT2D eigenvalue weighted by molar-refractivity contribution is -0.146. The van der Waals surface area contributed by atoms with Crippen molar-refractivity contribution in [2.24, 2.45) is 0 Å². The summed E-state index contributed by atoms with van der Waals surface area (Å²) in [5, 5.41) is 11.9. The van der Waals surface area contributed by atoms with Gasteiger partial charge in [0.2, 0.25) is 5.91 Å². The molecule has 0 spiro atoms. The van der Waals surface area contributed by atoms with E-state index < -0.39 is 36.7 Å². The number of likely N-dealkylation sites (N-methyl/N-ethyl adjacent to an activating group) is 1. The Balaban J connectivity index is 1.71. The van der Waals surface area contributed by atoms with Crippen LogP contribution < -0.4 is 5.32 Å². The van der Waals surface area contributed by atoms with Crippen LogP contribution in [-0.4, -0.2) is 92.5 Å². The van der Waals surface area contributed by atoms with Crippen molar-refractivity contribution in [3.8, 4) is 11.1 Å². The number of ether oxygens (including phenoxy) is 2. The minimum Gasteiger partial charge on any atom is -0.480 e. The second kappa shape index (κ2) is 11.8. The predicted molar refractivity (Wildman–Crippen MR) is 131 cm³/mol. The fraction of sp³-hybridized carbons (Fsp3) is 0.423. The Morgan fingerprint density at radius 2 is 1.57 bits per heavy atom. The van der Waals surface area contributed by atoms with Gasteiger partial charge < -0.3 is 29.7 Å². The number of amides is 2. The van der Waals surface area contributed by atoms with Crippen molar-refractivity contribution < 1.29 is 29.0 Å². The SMILES string of the molecule is CO[C@H](C)[C@H](NC(=O)OCC1c2ccccc2-c2ccccc21)C(=O)N(CCN(C)C)CC(=O)O. The first-order chi connectivity index (χ1) is 16.7. The first-order valence-electron chi connectivity index (χ1n) is 11.5. The fourth-order valence-corrected chi connectivity index (χ4v) is 4.23. The number of rotatable bonds is 11. The quantitative estimate of drug-likeness (QED) is 0.505. The summed E-state index contributed by atoms with van der Waals surface area (Å²) in [6.45, 7) is 1.92. The molecule has 0 unspecified atom stereocenters. The van der Waals surface area contributed by atoms with Crippen molar-refractivity contribution in [3.63, 3.8) is 0 Å². The lowest BCUT2D eigenvalue weighted by atomic mass is 9.98. The molecule has 2 atom stereocenters. The maximum absolute atomic E-state index is 13.2. The van der Waals surface area contributed by atoms with Crippen LogP contribution in [0, 0.1) is 0 Å². The van der Waals surface area contributed by atoms with Gasteiger partial charge in [0.25, 0.3) is 0 Å². The Kier molecular flexibility index (Phi) is 8.84. The van der Waals surface area contributed by atoms with E-state index in [0.717, 1.165) is 22.3 Å². The fourth-order valence-electron chi connectivity index (χ4n) is 4.23. The van der Waals surface area contributed by atoms with Crippen LogP contribution in [-0.2, 0) is 19.1 Å². The molecule has 0 saturated heterocycles. The number of fused-ring (bicyclic) bond motifs is 3. The van der Waals surface area contributed by atoms with E-state index in [0.29, 0.717) is 6.54 Å². The molecule has 0 aliphatic heterocycles. The summed E-state index contributed by atoms with van der Waals surface area (Å²) in [6, 6.07) is 14.9. The van der Waals surface area contributed by atoms with Gasteiger partial charge in [-0.05, 0) is 43.3 Å². The van der Waals surface area contributed by atoms with Crippen molar-refractivity contribution in [2.45, 2.75) is 25.0 Å². The molecule has 35 heavy (non-hydrogen) atoms. The zero-order valence-corrected chi connectivity index (χ0v) is 20.6. The first-order valence-corrected chi connectivity index (χ1v) is 11.5. The molecule has 9 heteroatoms. The molecule has 188 valence electrons. The van der Waals surface area contributed by atoms with Gasteiger partial charge in [-0.15, -0.1) is 0 Å². The molecule has 2 aromatic carbocycles. The van der Waals surface area contributed by atoms with Crippen molar-refractivity contribution in [1.82, 2.24) is 15.1 Å². The van der Waals surface area contributed by atoms with Gasteiger partial charge in [-0.2, -0.15) is 0 Å². The number of benzene rings is 2. The Bertz CT molecular complexity index is 1010. The van der Waals surface area contributed by atoms with E-state index in [1.54, 1.807) is 6.92 Å². The molecule has 0 fully saturated rings. The molecule has 0 heterocycles. The van der Waals surface area contributed by atoms with Gasteiger partial charge in [-0.25, -0.2) is 4.79 Å². The third kappa shape index (κ3) is 6.37. The molecular formula is C26H33N3O6. The number of alkyl carbamates (subject to hydrolysis) is 1. The van der Waals surface area contributed by atoms with Crippen LogP contribution in [0.5, 0.6) is 0 Å². The van der Waals surface area contributed by atoms with Crippen LogP contribution in [0.4, 0.5) is 4.79 Å². The van der Waals surface area contributed by atoms with Gasteiger partial charge in [0.15, 0.2) is 0 Å². The van der Waals surface area contributed by atoms with Gasteiger partial charge in [0, 0.05) is 26.1 Å². The third-order valence-electron chi connectivity index (χ3n) is 6.18. The highest BCUT2D eigenvalue weighted by Gasteiger charge is 2.33. The van der Waals surface area contributed by atoms with Gasteiger partial charge in [0.1, 0.15) is 19.2 Å². The highest BCUT2D eigenvalue weighted by atomic mass is 16.5. The highest BCUT2D eigenvalue weighted by Crippen LogP contribution is 2.44. The standard InChI is InChI=1S/C26H33N3O6/c1-17(34-4)24(25(32)29(15-23(30)31)14-13-28(2)3)27-26(33)35-16-22-20-11-7-5-9-18(20)19-10-6-8-12-21(19)22/h5-12,17,22,24H,13-16H2,1-4H3,(H,27,33)(H,30,31)/t17-,24+/m1/s1. The Hall–Kier alpha value is -3.43. The second-order valence-electron chi connectivity index (χ2n) is 8.85. The number of methoxy groups -OCH3 is 1. The number of hydrogen-bond donors (Lipinski definition) is 2. The Labute approximate surface area is 205 Å². The van der Waals surface area contributed by atoms with E-state index in [1.807, 2.05) is 67.5 Å². The molecule has 1 aliphatic carbocycles. The molecule has 0 saturated carbocycles. The molecular weight excluding hydrogens is 450 g/mol. The lowest BCUT2D eigenvalue weighted by Gasteiger charge is -2.30. The molecule has 1 aliphatic rings. The van der Waals surface area contributed by atoms with E-state index in [2.05, 4.69) is 5.32 Å². The number of nitrogens with zero attached hydrogens (tertiary/aromatic N) is 2. The maximum atomic E-state index is 13.2. The van der Waals surface area contributed by atoms with E-state index in [4.69, 9.17) is 9.47 Å². The van der Waals surface area contributed by atoms with Crippen LogP contribution >= 0.6 is 0 Å². The number of carboxylic acid groups (broad SMARTS) is 1. The van der Waals surface area contributed by atoms with Gasteiger partial charge in [0.05, 0.1) is 6.10 Å². The molecule has 2 aromatic rings. The van der Waals surface area contributed by atoms with Crippen LogP contribution in [0.3, 0.4) is 0 Å². The van der Waals surface area contributed by atoms with E-state index in [9.17, 15) is 19.5 Å². The Morgan fingerprint density at radius 1 is 1.00 bits per heavy atom. The number of carboxylic acids is 1. The summed E-state index contributed by atoms with van der Waals surface area (Å²) in [7, 11) is 5.08. The summed E-state index contributed by atoms with van der Waals surface area (Å²) < 4.78 is 10.9. The number of hydrogen-bond acceptors (Lipinski definition) is 6. The monoisotopic (exact) mass is 483 g/mol. The second-order valence-corrected chi connectivity index (χ2v) is 8.85. The molecule has 3 rings (SSSR count). The summed E-state index contributed by atoms with van der Waals surface area (Å²) in [4.78, 5) is 40.4. The normalized spacial score (nSPS) is 14.1. The molecule has 2 amide bonds. The molecule has 2 N–H and O–H groups in total. The molecule has 0 aromatic heterocycles. The molecule has 0 bridgehead atoms. The maximum Gasteiger partial charge on any atom is 0.407 e. The van der Waals surface area contributed by atoms with Gasteiger partial charge in [-0.3, -0.25) is 9.59 Å². The number of carbonyl (C=O) groups is 3. The minimum absolute atomic E-state index is 0.0988. The molecule has 0 radical (unpaired) electrons. The highest BCUT2D eigenvalue weighted by molar-refractivity contribution is 5.88. The van der Waals surface area contributed by atoms with Crippen molar-refractivity contribution in [3.05, 3.63) is 59.7 Å². The number of aliphatic carboxylic acids is 1. The zero-order chi connectivity index (χ0) is 25.5.